The molecule has 28 heavy (non-hydrogen) atoms. The van der Waals surface area contributed by atoms with Crippen LogP contribution in [0.3, 0.4) is 0 Å². The van der Waals surface area contributed by atoms with Crippen molar-refractivity contribution in [3.63, 3.8) is 0 Å². The molecule has 148 valence electrons. The molecule has 0 saturated carbocycles. The molecule has 2 unspecified atom stereocenters. The van der Waals surface area contributed by atoms with Crippen molar-refractivity contribution in [2.75, 3.05) is 13.1 Å². The first-order valence-corrected chi connectivity index (χ1v) is 9.42. The second-order valence-electron chi connectivity index (χ2n) is 7.29. The average Bonchev–Trinajstić information content (AvgIpc) is 3.15. The highest BCUT2D eigenvalue weighted by atomic mass is 16.5. The molecule has 1 aliphatic heterocycles. The number of nitrogens with zero attached hydrogens (tertiary/aromatic N) is 1. The topological polar surface area (TPSA) is 71.8 Å². The summed E-state index contributed by atoms with van der Waals surface area (Å²) in [6.45, 7) is 8.74. The first-order valence-electron chi connectivity index (χ1n) is 9.42. The number of morpholine rings is 1. The Bertz CT molecular complexity index is 876. The molecule has 1 aromatic carbocycles. The molecule has 1 fully saturated rings. The van der Waals surface area contributed by atoms with E-state index in [-0.39, 0.29) is 29.7 Å². The van der Waals surface area contributed by atoms with Gasteiger partial charge in [-0.2, -0.15) is 0 Å². The number of hydrogen-bond donors (Lipinski definition) is 1. The molecule has 0 bridgehead atoms. The van der Waals surface area contributed by atoms with E-state index in [4.69, 9.17) is 9.15 Å². The number of ether oxygens (including phenoxy) is 1. The predicted molar refractivity (Wildman–Crippen MR) is 107 cm³/mol. The molecule has 3 rings (SSSR count). The van der Waals surface area contributed by atoms with E-state index in [2.05, 4.69) is 5.32 Å². The number of carbonyl (C=O) groups excluding carboxylic acids is 2. The Labute approximate surface area is 165 Å². The normalized spacial score (nSPS) is 20.1. The molecule has 6 nitrogen and oxygen atoms in total. The number of benzene rings is 1. The lowest BCUT2D eigenvalue weighted by Crippen LogP contribution is -2.50. The van der Waals surface area contributed by atoms with E-state index in [9.17, 15) is 9.59 Å². The zero-order valence-electron chi connectivity index (χ0n) is 16.7. The Hall–Kier alpha value is -2.86. The van der Waals surface area contributed by atoms with E-state index in [1.165, 1.54) is 6.26 Å². The van der Waals surface area contributed by atoms with Crippen molar-refractivity contribution in [3.05, 3.63) is 64.7 Å². The van der Waals surface area contributed by atoms with Crippen LogP contribution in [0.5, 0.6) is 0 Å². The number of rotatable bonds is 4. The number of nitrogens with one attached hydrogen (secondary N) is 1. The van der Waals surface area contributed by atoms with E-state index in [0.717, 1.165) is 11.1 Å². The van der Waals surface area contributed by atoms with Crippen LogP contribution in [-0.2, 0) is 9.53 Å². The summed E-state index contributed by atoms with van der Waals surface area (Å²) >= 11 is 0. The van der Waals surface area contributed by atoms with Gasteiger partial charge in [-0.1, -0.05) is 6.07 Å². The number of furan rings is 1. The zero-order valence-corrected chi connectivity index (χ0v) is 16.7. The molecule has 1 aliphatic rings. The number of hydrogen-bond acceptors (Lipinski definition) is 4. The Morgan fingerprint density at radius 2 is 1.82 bits per heavy atom. The molecule has 6 heteroatoms. The highest BCUT2D eigenvalue weighted by molar-refractivity contribution is 6.05. The van der Waals surface area contributed by atoms with Gasteiger partial charge in [-0.25, -0.2) is 0 Å². The Kier molecular flexibility index (Phi) is 5.99. The van der Waals surface area contributed by atoms with Gasteiger partial charge in [0.15, 0.2) is 0 Å². The van der Waals surface area contributed by atoms with Crippen molar-refractivity contribution in [2.24, 2.45) is 0 Å². The molecule has 1 saturated heterocycles. The van der Waals surface area contributed by atoms with Crippen molar-refractivity contribution >= 4 is 17.9 Å². The van der Waals surface area contributed by atoms with Crippen molar-refractivity contribution in [2.45, 2.75) is 39.9 Å². The maximum Gasteiger partial charge on any atom is 0.270 e. The van der Waals surface area contributed by atoms with Gasteiger partial charge < -0.3 is 19.4 Å². The van der Waals surface area contributed by atoms with E-state index in [0.29, 0.717) is 24.4 Å². The minimum atomic E-state index is -0.330. The average molecular weight is 382 g/mol. The summed E-state index contributed by atoms with van der Waals surface area (Å²) in [4.78, 5) is 27.6. The molecule has 2 atom stereocenters. The first-order chi connectivity index (χ1) is 13.3. The fourth-order valence-electron chi connectivity index (χ4n) is 3.26. The molecule has 1 N–H and O–H groups in total. The number of amides is 2. The van der Waals surface area contributed by atoms with Crippen LogP contribution >= 0.6 is 0 Å². The summed E-state index contributed by atoms with van der Waals surface area (Å²) in [7, 11) is 0. The van der Waals surface area contributed by atoms with Gasteiger partial charge in [0, 0.05) is 24.7 Å². The SMILES string of the molecule is Cc1ccc(C(=O)N/C(=C\c2ccco2)C(=O)N2CC(C)OC(C)C2)cc1C. The van der Waals surface area contributed by atoms with Gasteiger partial charge in [0.25, 0.3) is 11.8 Å². The maximum atomic E-state index is 13.1. The first kappa shape index (κ1) is 19.9. The molecule has 2 amide bonds. The van der Waals surface area contributed by atoms with Crippen LogP contribution in [0.25, 0.3) is 6.08 Å². The second kappa shape index (κ2) is 8.44. The maximum absolute atomic E-state index is 13.1. The summed E-state index contributed by atoms with van der Waals surface area (Å²) in [6.07, 6.45) is 2.96. The molecule has 0 radical (unpaired) electrons. The molecule has 0 aliphatic carbocycles. The summed E-state index contributed by atoms with van der Waals surface area (Å²) in [6, 6.07) is 8.94. The van der Waals surface area contributed by atoms with Crippen LogP contribution in [0.2, 0.25) is 0 Å². The molecule has 2 heterocycles. The third-order valence-corrected chi connectivity index (χ3v) is 4.78. The Morgan fingerprint density at radius 3 is 2.43 bits per heavy atom. The Morgan fingerprint density at radius 1 is 1.11 bits per heavy atom. The highest BCUT2D eigenvalue weighted by Gasteiger charge is 2.28. The fourth-order valence-corrected chi connectivity index (χ4v) is 3.26. The van der Waals surface area contributed by atoms with Crippen LogP contribution < -0.4 is 5.32 Å². The predicted octanol–water partition coefficient (Wildman–Crippen LogP) is 3.30. The third-order valence-electron chi connectivity index (χ3n) is 4.78. The van der Waals surface area contributed by atoms with E-state index in [1.807, 2.05) is 39.8 Å². The Balaban J connectivity index is 1.86. The minimum absolute atomic E-state index is 0.0620. The number of aryl methyl sites for hydroxylation is 2. The standard InChI is InChI=1S/C22H26N2O4/c1-14-7-8-18(10-15(14)2)21(25)23-20(11-19-6-5-9-27-19)22(26)24-12-16(3)28-17(4)13-24/h5-11,16-17H,12-13H2,1-4H3,(H,23,25)/b20-11-. The van der Waals surface area contributed by atoms with Crippen molar-refractivity contribution in [1.29, 1.82) is 0 Å². The summed E-state index contributed by atoms with van der Waals surface area (Å²) in [5.41, 5.74) is 2.81. The highest BCUT2D eigenvalue weighted by Crippen LogP contribution is 2.16. The smallest absolute Gasteiger partial charge is 0.270 e. The summed E-state index contributed by atoms with van der Waals surface area (Å²) < 4.78 is 11.1. The minimum Gasteiger partial charge on any atom is -0.465 e. The summed E-state index contributed by atoms with van der Waals surface area (Å²) in [5, 5.41) is 2.78. The summed E-state index contributed by atoms with van der Waals surface area (Å²) in [5.74, 6) is -0.0858. The van der Waals surface area contributed by atoms with E-state index < -0.39 is 0 Å². The van der Waals surface area contributed by atoms with Crippen LogP contribution in [0, 0.1) is 13.8 Å². The van der Waals surface area contributed by atoms with Crippen molar-refractivity contribution < 1.29 is 18.7 Å². The lowest BCUT2D eigenvalue weighted by Gasteiger charge is -2.35. The molecular weight excluding hydrogens is 356 g/mol. The van der Waals surface area contributed by atoms with Gasteiger partial charge in [0.05, 0.1) is 18.5 Å². The largest absolute Gasteiger partial charge is 0.465 e. The quantitative estimate of drug-likeness (QED) is 0.824. The van der Waals surface area contributed by atoms with Crippen LogP contribution in [-0.4, -0.2) is 42.0 Å². The second-order valence-corrected chi connectivity index (χ2v) is 7.29. The lowest BCUT2D eigenvalue weighted by atomic mass is 10.1. The zero-order chi connectivity index (χ0) is 20.3. The van der Waals surface area contributed by atoms with E-state index in [1.54, 1.807) is 29.2 Å². The fraction of sp³-hybridized carbons (Fsp3) is 0.364. The third kappa shape index (κ3) is 4.70. The van der Waals surface area contributed by atoms with Gasteiger partial charge in [0.2, 0.25) is 0 Å². The van der Waals surface area contributed by atoms with Gasteiger partial charge in [-0.15, -0.1) is 0 Å². The molecule has 0 spiro atoms. The van der Waals surface area contributed by atoms with Gasteiger partial charge in [-0.05, 0) is 63.1 Å². The van der Waals surface area contributed by atoms with Crippen molar-refractivity contribution in [1.82, 2.24) is 10.2 Å². The van der Waals surface area contributed by atoms with E-state index >= 15 is 0 Å². The van der Waals surface area contributed by atoms with Gasteiger partial charge in [-0.3, -0.25) is 9.59 Å². The van der Waals surface area contributed by atoms with Crippen LogP contribution in [0.1, 0.15) is 41.1 Å². The van der Waals surface area contributed by atoms with Gasteiger partial charge in [0.1, 0.15) is 11.5 Å². The number of carbonyl (C=O) groups is 2. The van der Waals surface area contributed by atoms with Crippen LogP contribution in [0.15, 0.2) is 46.7 Å². The van der Waals surface area contributed by atoms with Gasteiger partial charge >= 0.3 is 0 Å². The lowest BCUT2D eigenvalue weighted by molar-refractivity contribution is -0.139. The van der Waals surface area contributed by atoms with Crippen molar-refractivity contribution in [3.8, 4) is 0 Å². The van der Waals surface area contributed by atoms with Crippen LogP contribution in [0.4, 0.5) is 0 Å². The molecule has 2 aromatic rings. The molecule has 1 aromatic heterocycles. The molecular formula is C22H26N2O4. The monoisotopic (exact) mass is 382 g/mol.